The minimum absolute atomic E-state index is 0.172. The van der Waals surface area contributed by atoms with Crippen molar-refractivity contribution in [2.45, 2.75) is 46.6 Å². The molecule has 0 amide bonds. The molecule has 0 saturated carbocycles. The fourth-order valence-electron chi connectivity index (χ4n) is 1.91. The Hall–Kier alpha value is -0.860. The van der Waals surface area contributed by atoms with E-state index in [0.29, 0.717) is 5.92 Å². The summed E-state index contributed by atoms with van der Waals surface area (Å²) in [7, 11) is 0. The van der Waals surface area contributed by atoms with Gasteiger partial charge in [0.2, 0.25) is 0 Å². The van der Waals surface area contributed by atoms with Gasteiger partial charge in [-0.05, 0) is 37.8 Å². The second kappa shape index (κ2) is 9.11. The van der Waals surface area contributed by atoms with Crippen LogP contribution in [-0.4, -0.2) is 19.7 Å². The molecule has 0 fully saturated rings. The van der Waals surface area contributed by atoms with Crippen molar-refractivity contribution in [1.82, 2.24) is 5.32 Å². The summed E-state index contributed by atoms with van der Waals surface area (Å²) in [4.78, 5) is 0. The number of nitrogens with one attached hydrogen (secondary N) is 1. The third-order valence-corrected chi connectivity index (χ3v) is 3.22. The van der Waals surface area contributed by atoms with E-state index in [1.165, 1.54) is 11.1 Å². The Balaban J connectivity index is 2.54. The van der Waals surface area contributed by atoms with Crippen molar-refractivity contribution in [2.24, 2.45) is 5.92 Å². The molecule has 19 heavy (non-hydrogen) atoms. The average Bonchev–Trinajstić information content (AvgIpc) is 2.38. The lowest BCUT2D eigenvalue weighted by atomic mass is 10.1. The summed E-state index contributed by atoms with van der Waals surface area (Å²) in [6.07, 6.45) is 2.45. The molecule has 108 valence electrons. The fraction of sp³-hybridized carbons (Fsp3) is 0.647. The Bertz CT molecular complexity index is 332. The maximum Gasteiger partial charge on any atom is 0.0949 e. The monoisotopic (exact) mass is 263 g/mol. The van der Waals surface area contributed by atoms with E-state index in [0.717, 1.165) is 32.5 Å². The van der Waals surface area contributed by atoms with Gasteiger partial charge in [0.05, 0.1) is 6.10 Å². The summed E-state index contributed by atoms with van der Waals surface area (Å²) >= 11 is 0. The highest BCUT2D eigenvalue weighted by Crippen LogP contribution is 2.18. The van der Waals surface area contributed by atoms with Crippen LogP contribution in [0.3, 0.4) is 0 Å². The van der Waals surface area contributed by atoms with Crippen LogP contribution in [0.1, 0.15) is 50.8 Å². The Morgan fingerprint density at radius 1 is 1.16 bits per heavy atom. The molecule has 1 atom stereocenters. The van der Waals surface area contributed by atoms with Crippen LogP contribution in [0.25, 0.3) is 0 Å². The zero-order valence-corrected chi connectivity index (χ0v) is 12.9. The van der Waals surface area contributed by atoms with Crippen molar-refractivity contribution >= 4 is 0 Å². The standard InChI is InChI=1S/C17H29NO/c1-5-11-18-13-17(19-12-10-14(2)3)16-8-6-15(4)7-9-16/h6-9,14,17-18H,5,10-13H2,1-4H3. The Kier molecular flexibility index (Phi) is 7.76. The first-order valence-corrected chi connectivity index (χ1v) is 7.52. The lowest BCUT2D eigenvalue weighted by Crippen LogP contribution is -2.24. The number of ether oxygens (including phenoxy) is 1. The van der Waals surface area contributed by atoms with Crippen molar-refractivity contribution in [3.8, 4) is 0 Å². The zero-order chi connectivity index (χ0) is 14.1. The quantitative estimate of drug-likeness (QED) is 0.677. The number of benzene rings is 1. The second-order valence-electron chi connectivity index (χ2n) is 5.66. The topological polar surface area (TPSA) is 21.3 Å². The van der Waals surface area contributed by atoms with Crippen molar-refractivity contribution in [1.29, 1.82) is 0 Å². The summed E-state index contributed by atoms with van der Waals surface area (Å²) in [6, 6.07) is 8.69. The minimum Gasteiger partial charge on any atom is -0.372 e. The minimum atomic E-state index is 0.172. The molecule has 0 aliphatic heterocycles. The van der Waals surface area contributed by atoms with E-state index in [4.69, 9.17) is 4.74 Å². The summed E-state index contributed by atoms with van der Waals surface area (Å²) in [5.74, 6) is 0.697. The molecule has 1 rings (SSSR count). The van der Waals surface area contributed by atoms with Gasteiger partial charge < -0.3 is 10.1 Å². The van der Waals surface area contributed by atoms with Crippen LogP contribution < -0.4 is 5.32 Å². The van der Waals surface area contributed by atoms with Gasteiger partial charge in [-0.15, -0.1) is 0 Å². The van der Waals surface area contributed by atoms with E-state index in [-0.39, 0.29) is 6.10 Å². The number of rotatable bonds is 9. The highest BCUT2D eigenvalue weighted by atomic mass is 16.5. The van der Waals surface area contributed by atoms with Crippen LogP contribution in [0.15, 0.2) is 24.3 Å². The maximum atomic E-state index is 6.06. The molecule has 2 nitrogen and oxygen atoms in total. The van der Waals surface area contributed by atoms with Crippen LogP contribution in [0, 0.1) is 12.8 Å². The molecule has 0 radical (unpaired) electrons. The Morgan fingerprint density at radius 2 is 1.84 bits per heavy atom. The van der Waals surface area contributed by atoms with Gasteiger partial charge in [-0.2, -0.15) is 0 Å². The molecule has 1 aromatic rings. The van der Waals surface area contributed by atoms with Gasteiger partial charge >= 0.3 is 0 Å². The van der Waals surface area contributed by atoms with Crippen molar-refractivity contribution in [3.63, 3.8) is 0 Å². The first kappa shape index (κ1) is 16.2. The summed E-state index contributed by atoms with van der Waals surface area (Å²) in [5, 5.41) is 3.46. The first-order valence-electron chi connectivity index (χ1n) is 7.52. The van der Waals surface area contributed by atoms with Crippen molar-refractivity contribution in [2.75, 3.05) is 19.7 Å². The molecule has 1 unspecified atom stereocenters. The van der Waals surface area contributed by atoms with E-state index in [2.05, 4.69) is 57.3 Å². The van der Waals surface area contributed by atoms with Crippen LogP contribution >= 0.6 is 0 Å². The van der Waals surface area contributed by atoms with Gasteiger partial charge in [0.1, 0.15) is 0 Å². The zero-order valence-electron chi connectivity index (χ0n) is 12.9. The van der Waals surface area contributed by atoms with Gasteiger partial charge in [-0.25, -0.2) is 0 Å². The van der Waals surface area contributed by atoms with Crippen LogP contribution in [0.4, 0.5) is 0 Å². The largest absolute Gasteiger partial charge is 0.372 e. The third-order valence-electron chi connectivity index (χ3n) is 3.22. The number of hydrogen-bond donors (Lipinski definition) is 1. The highest BCUT2D eigenvalue weighted by Gasteiger charge is 2.11. The van der Waals surface area contributed by atoms with E-state index in [1.54, 1.807) is 0 Å². The molecule has 0 aromatic heterocycles. The smallest absolute Gasteiger partial charge is 0.0949 e. The predicted octanol–water partition coefficient (Wildman–Crippen LogP) is 4.10. The Morgan fingerprint density at radius 3 is 2.42 bits per heavy atom. The molecule has 0 aliphatic rings. The van der Waals surface area contributed by atoms with Crippen molar-refractivity contribution in [3.05, 3.63) is 35.4 Å². The van der Waals surface area contributed by atoms with Gasteiger partial charge in [-0.3, -0.25) is 0 Å². The van der Waals surface area contributed by atoms with E-state index in [1.807, 2.05) is 0 Å². The molecule has 0 saturated heterocycles. The van der Waals surface area contributed by atoms with Crippen LogP contribution in [-0.2, 0) is 4.74 Å². The summed E-state index contributed by atoms with van der Waals surface area (Å²) in [6.45, 7) is 11.6. The van der Waals surface area contributed by atoms with E-state index in [9.17, 15) is 0 Å². The molecule has 2 heteroatoms. The van der Waals surface area contributed by atoms with Crippen molar-refractivity contribution < 1.29 is 4.74 Å². The lowest BCUT2D eigenvalue weighted by Gasteiger charge is -2.20. The number of aryl methyl sites for hydroxylation is 1. The Labute approximate surface area is 118 Å². The molecule has 0 heterocycles. The molecule has 0 spiro atoms. The third kappa shape index (κ3) is 6.74. The lowest BCUT2D eigenvalue weighted by molar-refractivity contribution is 0.0459. The van der Waals surface area contributed by atoms with Gasteiger partial charge in [0.25, 0.3) is 0 Å². The van der Waals surface area contributed by atoms with Gasteiger partial charge in [0, 0.05) is 13.2 Å². The molecular weight excluding hydrogens is 234 g/mol. The predicted molar refractivity (Wildman–Crippen MR) is 82.5 cm³/mol. The molecular formula is C17H29NO. The molecule has 0 aliphatic carbocycles. The summed E-state index contributed by atoms with van der Waals surface area (Å²) < 4.78 is 6.06. The SMILES string of the molecule is CCCNCC(OCCC(C)C)c1ccc(C)cc1. The molecule has 1 N–H and O–H groups in total. The summed E-state index contributed by atoms with van der Waals surface area (Å²) in [5.41, 5.74) is 2.57. The van der Waals surface area contributed by atoms with Crippen LogP contribution in [0.5, 0.6) is 0 Å². The fourth-order valence-corrected chi connectivity index (χ4v) is 1.91. The van der Waals surface area contributed by atoms with Crippen LogP contribution in [0.2, 0.25) is 0 Å². The van der Waals surface area contributed by atoms with E-state index >= 15 is 0 Å². The molecule has 1 aromatic carbocycles. The normalized spacial score (nSPS) is 12.9. The second-order valence-corrected chi connectivity index (χ2v) is 5.66. The van der Waals surface area contributed by atoms with Gasteiger partial charge in [-0.1, -0.05) is 50.6 Å². The van der Waals surface area contributed by atoms with E-state index < -0.39 is 0 Å². The average molecular weight is 263 g/mol. The highest BCUT2D eigenvalue weighted by molar-refractivity contribution is 5.23. The van der Waals surface area contributed by atoms with Gasteiger partial charge in [0.15, 0.2) is 0 Å². The number of hydrogen-bond acceptors (Lipinski definition) is 2. The molecule has 0 bridgehead atoms. The first-order chi connectivity index (χ1) is 9.13. The maximum absolute atomic E-state index is 6.06.